The Kier molecular flexibility index (Phi) is 16.2. The lowest BCUT2D eigenvalue weighted by Crippen LogP contribution is -2.27. The molecule has 0 fully saturated rings. The van der Waals surface area contributed by atoms with Crippen LogP contribution in [0.5, 0.6) is 0 Å². The lowest BCUT2D eigenvalue weighted by molar-refractivity contribution is 0.396. The maximum atomic E-state index is 2.78. The van der Waals surface area contributed by atoms with Crippen LogP contribution in [-0.2, 0) is 18.4 Å². The molecule has 3 heterocycles. The number of unbranched alkanes of at least 4 members (excludes halogenated alkanes) is 18. The van der Waals surface area contributed by atoms with Crippen LogP contribution in [0.4, 0.5) is 0 Å². The first kappa shape index (κ1) is 45.3. The fourth-order valence-corrected chi connectivity index (χ4v) is 16.0. The smallest absolute Gasteiger partial charge is 0.0640 e. The van der Waals surface area contributed by atoms with E-state index in [0.717, 1.165) is 11.8 Å². The number of thioether (sulfide) groups is 1. The summed E-state index contributed by atoms with van der Waals surface area (Å²) in [5.74, 6) is 0.497. The summed E-state index contributed by atoms with van der Waals surface area (Å²) in [6, 6.07) is 2.64. The third-order valence-electron chi connectivity index (χ3n) is 16.3. The molecule has 7 rings (SSSR count). The van der Waals surface area contributed by atoms with Crippen LogP contribution in [0.2, 0.25) is 0 Å². The van der Waals surface area contributed by atoms with E-state index >= 15 is 0 Å². The molecule has 2 aromatic rings. The van der Waals surface area contributed by atoms with Crippen LogP contribution in [0.15, 0.2) is 57.1 Å². The van der Waals surface area contributed by atoms with Gasteiger partial charge in [0.2, 0.25) is 0 Å². The Bertz CT molecular complexity index is 1870. The number of hydrogen-bond donors (Lipinski definition) is 0. The summed E-state index contributed by atoms with van der Waals surface area (Å²) in [6.45, 7) is 18.1. The molecule has 326 valence electrons. The zero-order valence-electron chi connectivity index (χ0n) is 39.2. The van der Waals surface area contributed by atoms with Crippen molar-refractivity contribution in [2.45, 2.75) is 245 Å². The lowest BCUT2D eigenvalue weighted by Gasteiger charge is -2.38. The van der Waals surface area contributed by atoms with E-state index in [1.807, 2.05) is 5.57 Å². The fourth-order valence-electron chi connectivity index (χ4n) is 12.9. The van der Waals surface area contributed by atoms with Crippen LogP contribution >= 0.6 is 23.1 Å². The predicted octanol–water partition coefficient (Wildman–Crippen LogP) is 18.7. The summed E-state index contributed by atoms with van der Waals surface area (Å²) in [4.78, 5) is 3.39. The second-order valence-corrected chi connectivity index (χ2v) is 21.9. The van der Waals surface area contributed by atoms with E-state index in [-0.39, 0.29) is 10.8 Å². The number of rotatable bonds is 27. The largest absolute Gasteiger partial charge is 0.344 e. The third-order valence-corrected chi connectivity index (χ3v) is 18.9. The summed E-state index contributed by atoms with van der Waals surface area (Å²) >= 11 is 4.48. The van der Waals surface area contributed by atoms with Crippen LogP contribution in [0.3, 0.4) is 0 Å². The van der Waals surface area contributed by atoms with Crippen LogP contribution in [-0.4, -0.2) is 9.82 Å². The summed E-state index contributed by atoms with van der Waals surface area (Å²) in [5, 5.41) is 0.774. The Morgan fingerprint density at radius 3 is 1.81 bits per heavy atom. The molecule has 1 aliphatic heterocycles. The highest BCUT2D eigenvalue weighted by Gasteiger charge is 2.54. The Morgan fingerprint density at radius 2 is 1.24 bits per heavy atom. The van der Waals surface area contributed by atoms with Gasteiger partial charge in [0.25, 0.3) is 0 Å². The van der Waals surface area contributed by atoms with E-state index in [4.69, 9.17) is 0 Å². The molecule has 59 heavy (non-hydrogen) atoms. The van der Waals surface area contributed by atoms with Gasteiger partial charge in [-0.2, -0.15) is 0 Å². The van der Waals surface area contributed by atoms with Crippen LogP contribution in [0.25, 0.3) is 15.8 Å². The van der Waals surface area contributed by atoms with Gasteiger partial charge in [0.15, 0.2) is 0 Å². The van der Waals surface area contributed by atoms with Crippen molar-refractivity contribution in [3.63, 3.8) is 0 Å². The Hall–Kier alpha value is -1.71. The van der Waals surface area contributed by atoms with E-state index in [1.165, 1.54) is 180 Å². The highest BCUT2D eigenvalue weighted by molar-refractivity contribution is 8.04. The molecule has 2 unspecified atom stereocenters. The minimum absolute atomic E-state index is 0.123. The zero-order valence-corrected chi connectivity index (χ0v) is 40.9. The molecule has 1 nitrogen and oxygen atoms in total. The average Bonchev–Trinajstić information content (AvgIpc) is 4.04. The molecule has 5 aliphatic rings. The molecule has 0 amide bonds. The van der Waals surface area contributed by atoms with Crippen LogP contribution in [0.1, 0.15) is 238 Å². The van der Waals surface area contributed by atoms with Gasteiger partial charge < -0.3 is 4.57 Å². The molecule has 0 N–H and O–H groups in total. The Morgan fingerprint density at radius 1 is 0.661 bits per heavy atom. The van der Waals surface area contributed by atoms with Gasteiger partial charge in [-0.25, -0.2) is 0 Å². The highest BCUT2D eigenvalue weighted by atomic mass is 32.2. The number of hydrogen-bond acceptors (Lipinski definition) is 2. The number of fused-ring (bicyclic) bond motifs is 8. The van der Waals surface area contributed by atoms with E-state index in [2.05, 4.69) is 100 Å². The second-order valence-electron chi connectivity index (χ2n) is 19.5. The van der Waals surface area contributed by atoms with E-state index in [0.29, 0.717) is 5.92 Å². The number of allylic oxidation sites excluding steroid dienone is 9. The standard InChI is InChI=1S/C56H85NS2/c1-8-15-17-19-21-23-25-27-29-31-33-41-39-48-52(57(41)14-7)51-54(59-48)50-44-35-37-45-49(43(44)36-38-46(50)56(51,12-5)13-6)53-47(55(45,10-3)11-4)40-42(58-53)34-32-30-28-26-24-22-20-18-16-9-2/h36-39,42,44H,8-35,40H2,1-7H3. The second kappa shape index (κ2) is 21.1. The number of aryl methyl sites for hydroxylation is 2. The van der Waals surface area contributed by atoms with Gasteiger partial charge in [0.05, 0.1) is 10.2 Å². The first-order valence-electron chi connectivity index (χ1n) is 25.9. The number of nitrogens with zero attached hydrogens (tertiary/aromatic N) is 1. The van der Waals surface area contributed by atoms with Gasteiger partial charge in [-0.15, -0.1) is 23.1 Å². The van der Waals surface area contributed by atoms with Gasteiger partial charge in [-0.05, 0) is 104 Å². The van der Waals surface area contributed by atoms with Crippen molar-refractivity contribution < 1.29 is 0 Å². The maximum Gasteiger partial charge on any atom is 0.0640 e. The topological polar surface area (TPSA) is 4.93 Å². The average molecular weight is 836 g/mol. The monoisotopic (exact) mass is 836 g/mol. The maximum absolute atomic E-state index is 2.78. The summed E-state index contributed by atoms with van der Waals surface area (Å²) < 4.78 is 4.34. The fraction of sp³-hybridized carbons (Fsp3) is 0.714. The van der Waals surface area contributed by atoms with E-state index in [9.17, 15) is 0 Å². The molecule has 0 saturated heterocycles. The minimum atomic E-state index is 0.123. The zero-order chi connectivity index (χ0) is 41.4. The molecule has 0 radical (unpaired) electrons. The molecular weight excluding hydrogens is 751 g/mol. The van der Waals surface area contributed by atoms with Crippen molar-refractivity contribution in [3.05, 3.63) is 73.2 Å². The van der Waals surface area contributed by atoms with E-state index in [1.54, 1.807) is 59.1 Å². The van der Waals surface area contributed by atoms with Crippen molar-refractivity contribution in [1.29, 1.82) is 0 Å². The van der Waals surface area contributed by atoms with Crippen LogP contribution in [0, 0.1) is 11.3 Å². The van der Waals surface area contributed by atoms with Crippen LogP contribution < -0.4 is 0 Å². The normalized spacial score (nSPS) is 21.2. The highest BCUT2D eigenvalue weighted by Crippen LogP contribution is 2.68. The van der Waals surface area contributed by atoms with Crippen molar-refractivity contribution in [2.75, 3.05) is 0 Å². The third kappa shape index (κ3) is 8.68. The first-order chi connectivity index (χ1) is 29.0. The predicted molar refractivity (Wildman–Crippen MR) is 265 cm³/mol. The minimum Gasteiger partial charge on any atom is -0.344 e. The summed E-state index contributed by atoms with van der Waals surface area (Å²) in [5.41, 5.74) is 15.6. The molecular formula is C56H85NS2. The Labute approximate surface area is 371 Å². The number of thiophene rings is 1. The quantitative estimate of drug-likeness (QED) is 0.0812. The molecule has 0 bridgehead atoms. The number of aromatic nitrogens is 1. The molecule has 0 aromatic carbocycles. The molecule has 0 saturated carbocycles. The lowest BCUT2D eigenvalue weighted by atomic mass is 9.66. The molecule has 4 aliphatic carbocycles. The van der Waals surface area contributed by atoms with Gasteiger partial charge in [-0.1, -0.05) is 182 Å². The summed E-state index contributed by atoms with van der Waals surface area (Å²) in [7, 11) is 0. The SMILES string of the molecule is CCCCCCCCCCCCc1cc2sc3c(c2n1CC)C(CC)(CC)C1=C3C2CC=C3C(=C2C=C1)C1=C(CC(CCCCCCCCCCCC)S1)C3(CC)CC. The van der Waals surface area contributed by atoms with Crippen molar-refractivity contribution in [1.82, 2.24) is 4.57 Å². The van der Waals surface area contributed by atoms with Crippen molar-refractivity contribution >= 4 is 38.9 Å². The molecule has 0 spiro atoms. The summed E-state index contributed by atoms with van der Waals surface area (Å²) in [6.07, 6.45) is 46.5. The van der Waals surface area contributed by atoms with Gasteiger partial charge in [0.1, 0.15) is 0 Å². The van der Waals surface area contributed by atoms with Gasteiger partial charge >= 0.3 is 0 Å². The Balaban J connectivity index is 1.08. The molecule has 2 aromatic heterocycles. The van der Waals surface area contributed by atoms with E-state index < -0.39 is 0 Å². The van der Waals surface area contributed by atoms with Crippen molar-refractivity contribution in [3.8, 4) is 0 Å². The first-order valence-corrected chi connectivity index (χ1v) is 27.6. The van der Waals surface area contributed by atoms with Crippen molar-refractivity contribution in [2.24, 2.45) is 11.3 Å². The van der Waals surface area contributed by atoms with Gasteiger partial charge in [-0.3, -0.25) is 0 Å². The van der Waals surface area contributed by atoms with Gasteiger partial charge in [0, 0.05) is 49.6 Å². The molecule has 2 atom stereocenters. The molecule has 3 heteroatoms.